The topological polar surface area (TPSA) is 49.4 Å². The quantitative estimate of drug-likeness (QED) is 0.537. The van der Waals surface area contributed by atoms with Crippen LogP contribution in [0.25, 0.3) is 0 Å². The van der Waals surface area contributed by atoms with Gasteiger partial charge < -0.3 is 10.2 Å². The molecule has 4 nitrogen and oxygen atoms in total. The Labute approximate surface area is 182 Å². The molecular weight excluding hydrogens is 428 g/mol. The van der Waals surface area contributed by atoms with Gasteiger partial charge in [-0.15, -0.1) is 0 Å². The summed E-state index contributed by atoms with van der Waals surface area (Å²) in [6.45, 7) is 6.43. The minimum absolute atomic E-state index is 0.00986. The summed E-state index contributed by atoms with van der Waals surface area (Å²) in [6.07, 6.45) is 2.52. The van der Waals surface area contributed by atoms with Gasteiger partial charge >= 0.3 is 0 Å². The molecule has 2 amide bonds. The van der Waals surface area contributed by atoms with Gasteiger partial charge in [0, 0.05) is 29.9 Å². The van der Waals surface area contributed by atoms with E-state index in [9.17, 15) is 9.59 Å². The molecule has 2 atom stereocenters. The molecule has 0 saturated heterocycles. The van der Waals surface area contributed by atoms with Crippen molar-refractivity contribution < 1.29 is 9.59 Å². The molecule has 0 aliphatic heterocycles. The van der Waals surface area contributed by atoms with Gasteiger partial charge in [-0.2, -0.15) is 0 Å². The van der Waals surface area contributed by atoms with E-state index < -0.39 is 6.04 Å². The normalized spacial score (nSPS) is 12.8. The molecule has 0 saturated carbocycles. The first-order valence-electron chi connectivity index (χ1n) is 10.3. The number of benzene rings is 2. The maximum Gasteiger partial charge on any atom is 0.243 e. The third kappa shape index (κ3) is 7.32. The summed E-state index contributed by atoms with van der Waals surface area (Å²) < 4.78 is 0.989. The number of amides is 2. The number of hydrogen-bond acceptors (Lipinski definition) is 2. The van der Waals surface area contributed by atoms with Gasteiger partial charge in [0.2, 0.25) is 11.8 Å². The summed E-state index contributed by atoms with van der Waals surface area (Å²) in [7, 11) is 0. The van der Waals surface area contributed by atoms with Crippen molar-refractivity contribution in [3.8, 4) is 0 Å². The monoisotopic (exact) mass is 458 g/mol. The zero-order chi connectivity index (χ0) is 21.2. The molecule has 0 aromatic heterocycles. The van der Waals surface area contributed by atoms with E-state index in [1.807, 2.05) is 75.4 Å². The number of nitrogens with one attached hydrogen (secondary N) is 1. The Morgan fingerprint density at radius 3 is 2.24 bits per heavy atom. The lowest BCUT2D eigenvalue weighted by atomic mass is 10.0. The predicted molar refractivity (Wildman–Crippen MR) is 121 cm³/mol. The van der Waals surface area contributed by atoms with Gasteiger partial charge in [0.15, 0.2) is 0 Å². The Hall–Kier alpha value is -2.14. The van der Waals surface area contributed by atoms with Gasteiger partial charge in [-0.1, -0.05) is 72.2 Å². The van der Waals surface area contributed by atoms with E-state index >= 15 is 0 Å². The molecule has 156 valence electrons. The molecule has 0 heterocycles. The summed E-state index contributed by atoms with van der Waals surface area (Å²) in [5, 5.41) is 3.08. The highest BCUT2D eigenvalue weighted by Crippen LogP contribution is 2.18. The fourth-order valence-electron chi connectivity index (χ4n) is 3.14. The number of hydrogen-bond donors (Lipinski definition) is 1. The Morgan fingerprint density at radius 2 is 1.66 bits per heavy atom. The molecule has 0 spiro atoms. The van der Waals surface area contributed by atoms with Crippen LogP contribution in [0, 0.1) is 0 Å². The lowest BCUT2D eigenvalue weighted by Crippen LogP contribution is -2.52. The molecule has 5 heteroatoms. The van der Waals surface area contributed by atoms with Crippen molar-refractivity contribution in [1.82, 2.24) is 10.2 Å². The van der Waals surface area contributed by atoms with E-state index in [1.165, 1.54) is 0 Å². The highest BCUT2D eigenvalue weighted by atomic mass is 79.9. The minimum Gasteiger partial charge on any atom is -0.352 e. The number of halogens is 1. The second-order valence-corrected chi connectivity index (χ2v) is 8.34. The van der Waals surface area contributed by atoms with Crippen LogP contribution in [0.15, 0.2) is 59.1 Å². The maximum absolute atomic E-state index is 13.2. The molecule has 0 aliphatic rings. The second-order valence-electron chi connectivity index (χ2n) is 7.42. The van der Waals surface area contributed by atoms with Gasteiger partial charge in [0.1, 0.15) is 6.04 Å². The standard InChI is InChI=1S/C24H31BrN2O2/c1-4-9-23(28)27(17-20-12-14-21(25)15-13-20)22(24(29)26-18(3)5-2)16-19-10-7-6-8-11-19/h6-8,10-15,18,22H,4-5,9,16-17H2,1-3H3,(H,26,29)/t18-,22+/m1/s1. The van der Waals surface area contributed by atoms with Crippen LogP contribution in [0.1, 0.15) is 51.2 Å². The Bertz CT molecular complexity index is 777. The van der Waals surface area contributed by atoms with E-state index in [-0.39, 0.29) is 17.9 Å². The van der Waals surface area contributed by atoms with E-state index in [4.69, 9.17) is 0 Å². The molecule has 2 aromatic rings. The molecule has 2 rings (SSSR count). The smallest absolute Gasteiger partial charge is 0.243 e. The lowest BCUT2D eigenvalue weighted by Gasteiger charge is -2.32. The fourth-order valence-corrected chi connectivity index (χ4v) is 3.40. The molecule has 29 heavy (non-hydrogen) atoms. The third-order valence-electron chi connectivity index (χ3n) is 5.00. The van der Waals surface area contributed by atoms with Crippen molar-refractivity contribution in [2.75, 3.05) is 0 Å². The van der Waals surface area contributed by atoms with Crippen molar-refractivity contribution >= 4 is 27.7 Å². The van der Waals surface area contributed by atoms with Crippen molar-refractivity contribution in [2.24, 2.45) is 0 Å². The van der Waals surface area contributed by atoms with E-state index in [0.717, 1.165) is 28.4 Å². The third-order valence-corrected chi connectivity index (χ3v) is 5.53. The van der Waals surface area contributed by atoms with Gasteiger partial charge in [-0.05, 0) is 43.0 Å². The summed E-state index contributed by atoms with van der Waals surface area (Å²) in [6, 6.07) is 17.3. The zero-order valence-corrected chi connectivity index (χ0v) is 19.1. The first kappa shape index (κ1) is 23.1. The van der Waals surface area contributed by atoms with Crippen LogP contribution >= 0.6 is 15.9 Å². The van der Waals surface area contributed by atoms with Gasteiger partial charge in [-0.3, -0.25) is 9.59 Å². The molecule has 0 radical (unpaired) electrons. The molecule has 2 aromatic carbocycles. The summed E-state index contributed by atoms with van der Waals surface area (Å²) in [5.41, 5.74) is 2.05. The Kier molecular flexibility index (Phi) is 9.39. The number of rotatable bonds is 10. The summed E-state index contributed by atoms with van der Waals surface area (Å²) in [5.74, 6) is -0.0829. The minimum atomic E-state index is -0.547. The molecule has 0 unspecified atom stereocenters. The second kappa shape index (κ2) is 11.8. The van der Waals surface area contributed by atoms with Crippen LogP contribution in [-0.2, 0) is 22.6 Å². The number of nitrogens with zero attached hydrogens (tertiary/aromatic N) is 1. The fraction of sp³-hybridized carbons (Fsp3) is 0.417. The van der Waals surface area contributed by atoms with Crippen LogP contribution in [0.2, 0.25) is 0 Å². The SMILES string of the molecule is CCCC(=O)N(Cc1ccc(Br)cc1)[C@@H](Cc1ccccc1)C(=O)N[C@H](C)CC. The van der Waals surface area contributed by atoms with Crippen LogP contribution in [0.5, 0.6) is 0 Å². The number of carbonyl (C=O) groups is 2. The highest BCUT2D eigenvalue weighted by Gasteiger charge is 2.30. The number of carbonyl (C=O) groups excluding carboxylic acids is 2. The average molecular weight is 459 g/mol. The molecule has 0 bridgehead atoms. The van der Waals surface area contributed by atoms with Crippen molar-refractivity contribution in [3.63, 3.8) is 0 Å². The van der Waals surface area contributed by atoms with E-state index in [0.29, 0.717) is 19.4 Å². The molecule has 0 fully saturated rings. The predicted octanol–water partition coefficient (Wildman–Crippen LogP) is 5.10. The van der Waals surface area contributed by atoms with Crippen LogP contribution in [0.3, 0.4) is 0 Å². The summed E-state index contributed by atoms with van der Waals surface area (Å²) >= 11 is 3.45. The zero-order valence-electron chi connectivity index (χ0n) is 17.5. The van der Waals surface area contributed by atoms with Crippen LogP contribution in [0.4, 0.5) is 0 Å². The van der Waals surface area contributed by atoms with Gasteiger partial charge in [-0.25, -0.2) is 0 Å². The van der Waals surface area contributed by atoms with Crippen LogP contribution < -0.4 is 5.32 Å². The molecular formula is C24H31BrN2O2. The first-order valence-corrected chi connectivity index (χ1v) is 11.1. The lowest BCUT2D eigenvalue weighted by molar-refractivity contribution is -0.141. The Morgan fingerprint density at radius 1 is 1.00 bits per heavy atom. The van der Waals surface area contributed by atoms with Gasteiger partial charge in [0.05, 0.1) is 0 Å². The van der Waals surface area contributed by atoms with Crippen LogP contribution in [-0.4, -0.2) is 28.8 Å². The summed E-state index contributed by atoms with van der Waals surface area (Å²) in [4.78, 5) is 28.0. The van der Waals surface area contributed by atoms with Crippen molar-refractivity contribution in [2.45, 2.75) is 65.1 Å². The van der Waals surface area contributed by atoms with Crippen molar-refractivity contribution in [1.29, 1.82) is 0 Å². The maximum atomic E-state index is 13.2. The highest BCUT2D eigenvalue weighted by molar-refractivity contribution is 9.10. The van der Waals surface area contributed by atoms with Crippen molar-refractivity contribution in [3.05, 3.63) is 70.2 Å². The molecule has 0 aliphatic carbocycles. The largest absolute Gasteiger partial charge is 0.352 e. The molecule has 1 N–H and O–H groups in total. The van der Waals surface area contributed by atoms with E-state index in [2.05, 4.69) is 21.2 Å². The van der Waals surface area contributed by atoms with E-state index in [1.54, 1.807) is 4.90 Å². The van der Waals surface area contributed by atoms with Gasteiger partial charge in [0.25, 0.3) is 0 Å². The first-order chi connectivity index (χ1) is 13.9. The Balaban J connectivity index is 2.35. The average Bonchev–Trinajstić information content (AvgIpc) is 2.72.